The minimum Gasteiger partial charge on any atom is -0.378 e. The quantitative estimate of drug-likeness (QED) is 0.694. The lowest BCUT2D eigenvalue weighted by molar-refractivity contribution is 0.0745. The summed E-state index contributed by atoms with van der Waals surface area (Å²) in [5.41, 5.74) is 7.66. The number of nitrogens with two attached hydrogens (primary N) is 1. The van der Waals surface area contributed by atoms with Crippen molar-refractivity contribution in [3.05, 3.63) is 58.9 Å². The smallest absolute Gasteiger partial charge is 0.256 e. The van der Waals surface area contributed by atoms with Gasteiger partial charge >= 0.3 is 0 Å². The lowest BCUT2D eigenvalue weighted by Gasteiger charge is -2.37. The summed E-state index contributed by atoms with van der Waals surface area (Å²) in [7, 11) is 0. The molecule has 33 heavy (non-hydrogen) atoms. The number of carbonyl (C=O) groups excluding carboxylic acids is 3. The van der Waals surface area contributed by atoms with Crippen LogP contribution in [0.5, 0.6) is 0 Å². The van der Waals surface area contributed by atoms with E-state index < -0.39 is 11.7 Å². The van der Waals surface area contributed by atoms with E-state index in [2.05, 4.69) is 4.90 Å². The number of benzene rings is 2. The maximum atomic E-state index is 14.6. The third kappa shape index (κ3) is 4.83. The number of ether oxygens (including phenoxy) is 1. The number of hydrogen-bond donors (Lipinski definition) is 1. The second kappa shape index (κ2) is 9.58. The molecule has 2 aliphatic heterocycles. The van der Waals surface area contributed by atoms with Crippen LogP contribution in [-0.2, 0) is 4.74 Å². The molecular formula is C24H27FN4O4. The van der Waals surface area contributed by atoms with Crippen molar-refractivity contribution < 1.29 is 23.5 Å². The third-order valence-electron chi connectivity index (χ3n) is 6.13. The fourth-order valence-corrected chi connectivity index (χ4v) is 4.24. The highest BCUT2D eigenvalue weighted by molar-refractivity contribution is 6.03. The average molecular weight is 455 g/mol. The van der Waals surface area contributed by atoms with Crippen molar-refractivity contribution in [3.63, 3.8) is 0 Å². The molecule has 4 rings (SSSR count). The molecule has 2 amide bonds. The summed E-state index contributed by atoms with van der Waals surface area (Å²) in [5, 5.41) is 0. The number of rotatable bonds is 5. The fourth-order valence-electron chi connectivity index (χ4n) is 4.24. The van der Waals surface area contributed by atoms with Crippen molar-refractivity contribution in [2.45, 2.75) is 6.92 Å². The first kappa shape index (κ1) is 22.7. The highest BCUT2D eigenvalue weighted by Crippen LogP contribution is 2.27. The number of hydrogen-bond acceptors (Lipinski definition) is 6. The molecule has 174 valence electrons. The Morgan fingerprint density at radius 1 is 0.848 bits per heavy atom. The van der Waals surface area contributed by atoms with Gasteiger partial charge in [-0.05, 0) is 43.3 Å². The Morgan fingerprint density at radius 2 is 1.45 bits per heavy atom. The van der Waals surface area contributed by atoms with Gasteiger partial charge in [-0.15, -0.1) is 0 Å². The van der Waals surface area contributed by atoms with Gasteiger partial charge in [0.1, 0.15) is 5.82 Å². The van der Waals surface area contributed by atoms with Crippen LogP contribution in [0, 0.1) is 5.82 Å². The van der Waals surface area contributed by atoms with Crippen LogP contribution in [0.3, 0.4) is 0 Å². The summed E-state index contributed by atoms with van der Waals surface area (Å²) >= 11 is 0. The number of piperazine rings is 1. The van der Waals surface area contributed by atoms with E-state index in [1.165, 1.54) is 13.0 Å². The number of Topliss-reactive ketones (excluding diaryl/α,β-unsaturated/α-hetero) is 1. The Hall–Kier alpha value is -3.46. The standard InChI is InChI=1S/C24H27FN4O4/c1-16(30)17-2-5-22(20(25)15-17)27-6-8-29(9-7-27)24(32)19-14-18(23(26)31)3-4-21(19)28-10-12-33-13-11-28/h2-5,14-15H,6-13H2,1H3,(H2,26,31). The molecule has 0 aromatic heterocycles. The van der Waals surface area contributed by atoms with Crippen LogP contribution in [0.25, 0.3) is 0 Å². The molecule has 0 spiro atoms. The molecule has 2 N–H and O–H groups in total. The summed E-state index contributed by atoms with van der Waals surface area (Å²) in [6, 6.07) is 9.43. The van der Waals surface area contributed by atoms with Crippen LogP contribution in [-0.4, -0.2) is 75.0 Å². The van der Waals surface area contributed by atoms with E-state index in [9.17, 15) is 18.8 Å². The maximum Gasteiger partial charge on any atom is 0.256 e. The molecule has 2 aromatic carbocycles. The highest BCUT2D eigenvalue weighted by atomic mass is 19.1. The van der Waals surface area contributed by atoms with Gasteiger partial charge < -0.3 is 25.2 Å². The van der Waals surface area contributed by atoms with Crippen molar-refractivity contribution in [2.24, 2.45) is 5.73 Å². The molecule has 2 heterocycles. The highest BCUT2D eigenvalue weighted by Gasteiger charge is 2.27. The van der Waals surface area contributed by atoms with Crippen LogP contribution in [0.1, 0.15) is 38.0 Å². The maximum absolute atomic E-state index is 14.6. The van der Waals surface area contributed by atoms with Gasteiger partial charge in [0, 0.05) is 56.1 Å². The second-order valence-corrected chi connectivity index (χ2v) is 8.20. The van der Waals surface area contributed by atoms with Crippen LogP contribution in [0.4, 0.5) is 15.8 Å². The SMILES string of the molecule is CC(=O)c1ccc(N2CCN(C(=O)c3cc(C(N)=O)ccc3N3CCOCC3)CC2)c(F)c1. The van der Waals surface area contributed by atoms with E-state index in [1.807, 2.05) is 4.90 Å². The van der Waals surface area contributed by atoms with E-state index in [4.69, 9.17) is 10.5 Å². The van der Waals surface area contributed by atoms with E-state index in [-0.39, 0.29) is 17.3 Å². The van der Waals surface area contributed by atoms with Crippen LogP contribution < -0.4 is 15.5 Å². The number of nitrogens with zero attached hydrogens (tertiary/aromatic N) is 3. The Kier molecular flexibility index (Phi) is 6.60. The molecule has 0 saturated carbocycles. The third-order valence-corrected chi connectivity index (χ3v) is 6.13. The number of halogens is 1. The molecule has 0 bridgehead atoms. The van der Waals surface area contributed by atoms with Gasteiger partial charge in [-0.25, -0.2) is 4.39 Å². The summed E-state index contributed by atoms with van der Waals surface area (Å²) in [6.45, 7) is 5.53. The molecule has 0 aliphatic carbocycles. The Labute approximate surface area is 191 Å². The normalized spacial score (nSPS) is 16.6. The fraction of sp³-hybridized carbons (Fsp3) is 0.375. The van der Waals surface area contributed by atoms with Gasteiger partial charge in [-0.2, -0.15) is 0 Å². The Morgan fingerprint density at radius 3 is 2.06 bits per heavy atom. The van der Waals surface area contributed by atoms with Gasteiger partial charge in [0.15, 0.2) is 5.78 Å². The number of ketones is 1. The molecule has 0 unspecified atom stereocenters. The zero-order valence-electron chi connectivity index (χ0n) is 18.6. The molecule has 2 aliphatic rings. The number of morpholine rings is 1. The van der Waals surface area contributed by atoms with E-state index >= 15 is 0 Å². The van der Waals surface area contributed by atoms with Gasteiger partial charge in [0.25, 0.3) is 5.91 Å². The molecule has 2 fully saturated rings. The number of anilines is 2. The van der Waals surface area contributed by atoms with Crippen LogP contribution in [0.2, 0.25) is 0 Å². The Bertz CT molecular complexity index is 1080. The molecule has 2 saturated heterocycles. The number of amides is 2. The van der Waals surface area contributed by atoms with E-state index in [0.717, 1.165) is 5.69 Å². The van der Waals surface area contributed by atoms with Crippen LogP contribution >= 0.6 is 0 Å². The van der Waals surface area contributed by atoms with Crippen molar-refractivity contribution in [2.75, 3.05) is 62.3 Å². The summed E-state index contributed by atoms with van der Waals surface area (Å²) in [4.78, 5) is 42.3. The van der Waals surface area contributed by atoms with Gasteiger partial charge in [-0.1, -0.05) is 0 Å². The van der Waals surface area contributed by atoms with E-state index in [1.54, 1.807) is 35.2 Å². The lowest BCUT2D eigenvalue weighted by atomic mass is 10.0. The molecule has 0 radical (unpaired) electrons. The molecular weight excluding hydrogens is 427 g/mol. The number of carbonyl (C=O) groups is 3. The summed E-state index contributed by atoms with van der Waals surface area (Å²) in [6.07, 6.45) is 0. The topological polar surface area (TPSA) is 96.2 Å². The van der Waals surface area contributed by atoms with Crippen molar-refractivity contribution in [3.8, 4) is 0 Å². The minimum absolute atomic E-state index is 0.188. The first-order valence-corrected chi connectivity index (χ1v) is 11.0. The summed E-state index contributed by atoms with van der Waals surface area (Å²) < 4.78 is 20.0. The molecule has 8 nitrogen and oxygen atoms in total. The van der Waals surface area contributed by atoms with Gasteiger partial charge in [0.2, 0.25) is 5.91 Å². The van der Waals surface area contributed by atoms with E-state index in [0.29, 0.717) is 69.3 Å². The first-order valence-electron chi connectivity index (χ1n) is 11.0. The van der Waals surface area contributed by atoms with Crippen molar-refractivity contribution in [1.82, 2.24) is 4.90 Å². The zero-order valence-corrected chi connectivity index (χ0v) is 18.6. The largest absolute Gasteiger partial charge is 0.378 e. The van der Waals surface area contributed by atoms with Gasteiger partial charge in [-0.3, -0.25) is 14.4 Å². The van der Waals surface area contributed by atoms with Crippen LogP contribution in [0.15, 0.2) is 36.4 Å². The molecule has 9 heteroatoms. The molecule has 0 atom stereocenters. The van der Waals surface area contributed by atoms with Crippen molar-refractivity contribution in [1.29, 1.82) is 0 Å². The number of primary amides is 1. The predicted molar refractivity (Wildman–Crippen MR) is 123 cm³/mol. The summed E-state index contributed by atoms with van der Waals surface area (Å²) in [5.74, 6) is -1.42. The van der Waals surface area contributed by atoms with Gasteiger partial charge in [0.05, 0.1) is 24.5 Å². The minimum atomic E-state index is -0.591. The molecule has 2 aromatic rings. The zero-order chi connectivity index (χ0) is 23.5. The second-order valence-electron chi connectivity index (χ2n) is 8.20. The van der Waals surface area contributed by atoms with Crippen molar-refractivity contribution >= 4 is 29.0 Å². The lowest BCUT2D eigenvalue weighted by Crippen LogP contribution is -2.49. The average Bonchev–Trinajstić information content (AvgIpc) is 2.83. The predicted octanol–water partition coefficient (Wildman–Crippen LogP) is 1.93. The Balaban J connectivity index is 1.52. The first-order chi connectivity index (χ1) is 15.8. The monoisotopic (exact) mass is 454 g/mol.